The van der Waals surface area contributed by atoms with Gasteiger partial charge >= 0.3 is 5.97 Å². The van der Waals surface area contributed by atoms with E-state index in [1.807, 2.05) is 42.1 Å². The lowest BCUT2D eigenvalue weighted by molar-refractivity contribution is -0.698. The Morgan fingerprint density at radius 2 is 1.85 bits per heavy atom. The second kappa shape index (κ2) is 11.1. The number of hydrogen-bond acceptors (Lipinski definition) is 6. The van der Waals surface area contributed by atoms with E-state index in [0.717, 1.165) is 37.3 Å². The minimum atomic E-state index is -4.27. The molecule has 4 rings (SSSR count). The molecule has 2 aromatic carbocycles. The number of methoxy groups -OCH3 is 1. The molecule has 0 radical (unpaired) electrons. The van der Waals surface area contributed by atoms with Crippen LogP contribution in [0.15, 0.2) is 78.0 Å². The fourth-order valence-corrected chi connectivity index (χ4v) is 3.98. The normalized spacial score (nSPS) is 14.8. The van der Waals surface area contributed by atoms with Crippen LogP contribution in [0.25, 0.3) is 0 Å². The van der Waals surface area contributed by atoms with Crippen molar-refractivity contribution in [3.05, 3.63) is 89.7 Å². The first kappa shape index (κ1) is 24.4. The van der Waals surface area contributed by atoms with E-state index in [1.54, 1.807) is 18.2 Å². The number of pyridine rings is 1. The molecule has 0 saturated heterocycles. The summed E-state index contributed by atoms with van der Waals surface area (Å²) in [6, 6.07) is 17.6. The number of benzene rings is 2. The Morgan fingerprint density at radius 3 is 2.55 bits per heavy atom. The molecule has 33 heavy (non-hydrogen) atoms. The predicted octanol–water partition coefficient (Wildman–Crippen LogP) is 3.30. The van der Waals surface area contributed by atoms with E-state index < -0.39 is 10.1 Å². The Labute approximate surface area is 194 Å². The highest BCUT2D eigenvalue weighted by atomic mass is 32.2. The van der Waals surface area contributed by atoms with E-state index in [1.165, 1.54) is 24.8 Å². The molecule has 1 aliphatic heterocycles. The van der Waals surface area contributed by atoms with E-state index in [2.05, 4.69) is 12.1 Å². The summed E-state index contributed by atoms with van der Waals surface area (Å²) in [5.41, 5.74) is 2.79. The number of para-hydroxylation sites is 1. The topological polar surface area (TPSA) is 96.6 Å². The second-order valence-electron chi connectivity index (χ2n) is 7.87. The first-order chi connectivity index (χ1) is 15.8. The molecule has 1 atom stereocenters. The monoisotopic (exact) mass is 469 g/mol. The highest BCUT2D eigenvalue weighted by molar-refractivity contribution is 7.85. The highest BCUT2D eigenvalue weighted by Gasteiger charge is 2.21. The van der Waals surface area contributed by atoms with Gasteiger partial charge in [0, 0.05) is 18.4 Å². The molecule has 1 aromatic heterocycles. The lowest BCUT2D eigenvalue weighted by atomic mass is 9.94. The quantitative estimate of drug-likeness (QED) is 0.323. The Bertz CT molecular complexity index is 1190. The number of carbonyl (C=O) groups excluding carboxylic acids is 1. The Kier molecular flexibility index (Phi) is 8.19. The summed E-state index contributed by atoms with van der Waals surface area (Å²) in [4.78, 5) is 11.4. The number of aryl methyl sites for hydroxylation is 2. The second-order valence-corrected chi connectivity index (χ2v) is 9.25. The van der Waals surface area contributed by atoms with Crippen molar-refractivity contribution in [2.45, 2.75) is 31.2 Å². The minimum absolute atomic E-state index is 0.178. The number of esters is 1. The summed E-state index contributed by atoms with van der Waals surface area (Å²) >= 11 is 0. The summed E-state index contributed by atoms with van der Waals surface area (Å²) in [5.74, 6) is 1.22. The average molecular weight is 470 g/mol. The molecule has 3 aromatic rings. The van der Waals surface area contributed by atoms with E-state index >= 15 is 0 Å². The van der Waals surface area contributed by atoms with Gasteiger partial charge in [-0.2, -0.15) is 0 Å². The number of ether oxygens (including phenoxy) is 2. The SMILES string of the molecule is COC(=O)c1ccc[n+](CCC2COc3ccccc3C2)c1.Cc1ccc(S(=O)(=O)[O-])cc1. The largest absolute Gasteiger partial charge is 0.744 e. The van der Waals surface area contributed by atoms with Crippen LogP contribution in [-0.2, 0) is 27.8 Å². The number of carbonyl (C=O) groups is 1. The van der Waals surface area contributed by atoms with Crippen LogP contribution in [0.2, 0.25) is 0 Å². The lowest BCUT2D eigenvalue weighted by Gasteiger charge is -2.24. The van der Waals surface area contributed by atoms with E-state index in [4.69, 9.17) is 9.47 Å². The van der Waals surface area contributed by atoms with Crippen LogP contribution in [0, 0.1) is 12.8 Å². The summed E-state index contributed by atoms with van der Waals surface area (Å²) in [7, 11) is -2.87. The van der Waals surface area contributed by atoms with Crippen molar-refractivity contribution in [2.75, 3.05) is 13.7 Å². The van der Waals surface area contributed by atoms with Gasteiger partial charge in [-0.15, -0.1) is 0 Å². The molecule has 2 heterocycles. The lowest BCUT2D eigenvalue weighted by Crippen LogP contribution is -2.36. The van der Waals surface area contributed by atoms with E-state index in [0.29, 0.717) is 11.5 Å². The van der Waals surface area contributed by atoms with Crippen molar-refractivity contribution in [3.63, 3.8) is 0 Å². The molecule has 0 bridgehead atoms. The summed E-state index contributed by atoms with van der Waals surface area (Å²) in [6.45, 7) is 3.44. The molecule has 8 heteroatoms. The Hall–Kier alpha value is -3.23. The zero-order chi connectivity index (χ0) is 23.8. The third kappa shape index (κ3) is 7.13. The van der Waals surface area contributed by atoms with Crippen molar-refractivity contribution in [1.29, 1.82) is 0 Å². The third-order valence-corrected chi connectivity index (χ3v) is 6.19. The van der Waals surface area contributed by atoms with Gasteiger partial charge in [0.1, 0.15) is 28.0 Å². The van der Waals surface area contributed by atoms with Gasteiger partial charge in [0.15, 0.2) is 12.4 Å². The Balaban J connectivity index is 0.000000235. The van der Waals surface area contributed by atoms with E-state index in [9.17, 15) is 17.8 Å². The van der Waals surface area contributed by atoms with Crippen LogP contribution in [-0.4, -0.2) is 32.7 Å². The van der Waals surface area contributed by atoms with Crippen molar-refractivity contribution in [1.82, 2.24) is 0 Å². The van der Waals surface area contributed by atoms with Crippen molar-refractivity contribution in [2.24, 2.45) is 5.92 Å². The molecule has 0 amide bonds. The molecule has 0 N–H and O–H groups in total. The van der Waals surface area contributed by atoms with Crippen LogP contribution >= 0.6 is 0 Å². The number of nitrogens with zero attached hydrogens (tertiary/aromatic N) is 1. The maximum atomic E-state index is 11.6. The maximum absolute atomic E-state index is 11.6. The van der Waals surface area contributed by atoms with Crippen LogP contribution in [0.3, 0.4) is 0 Å². The zero-order valence-corrected chi connectivity index (χ0v) is 19.5. The Morgan fingerprint density at radius 1 is 1.12 bits per heavy atom. The first-order valence-electron chi connectivity index (χ1n) is 10.6. The van der Waals surface area contributed by atoms with Crippen LogP contribution in [0.4, 0.5) is 0 Å². The number of hydrogen-bond donors (Lipinski definition) is 0. The summed E-state index contributed by atoms with van der Waals surface area (Å²) in [5, 5.41) is 0. The van der Waals surface area contributed by atoms with Crippen molar-refractivity contribution in [3.8, 4) is 5.75 Å². The van der Waals surface area contributed by atoms with Gasteiger partial charge in [-0.3, -0.25) is 0 Å². The number of fused-ring (bicyclic) bond motifs is 1. The molecule has 0 fully saturated rings. The molecule has 1 unspecified atom stereocenters. The molecule has 0 spiro atoms. The van der Waals surface area contributed by atoms with Gasteiger partial charge in [0.2, 0.25) is 0 Å². The van der Waals surface area contributed by atoms with Gasteiger partial charge in [-0.25, -0.2) is 17.8 Å². The van der Waals surface area contributed by atoms with Crippen LogP contribution in [0.5, 0.6) is 5.75 Å². The van der Waals surface area contributed by atoms with Crippen molar-refractivity contribution >= 4 is 16.1 Å². The molecule has 1 aliphatic rings. The van der Waals surface area contributed by atoms with E-state index in [-0.39, 0.29) is 10.9 Å². The molecule has 174 valence electrons. The average Bonchev–Trinajstić information content (AvgIpc) is 2.82. The maximum Gasteiger partial charge on any atom is 0.343 e. The van der Waals surface area contributed by atoms with Crippen molar-refractivity contribution < 1.29 is 31.8 Å². The predicted molar refractivity (Wildman–Crippen MR) is 121 cm³/mol. The number of rotatable bonds is 5. The fraction of sp³-hybridized carbons (Fsp3) is 0.280. The molecular formula is C25H27NO6S. The first-order valence-corrected chi connectivity index (χ1v) is 12.0. The molecular weight excluding hydrogens is 442 g/mol. The minimum Gasteiger partial charge on any atom is -0.744 e. The van der Waals surface area contributed by atoms with Gasteiger partial charge in [-0.05, 0) is 43.2 Å². The van der Waals surface area contributed by atoms with Gasteiger partial charge in [0.25, 0.3) is 0 Å². The van der Waals surface area contributed by atoms with Crippen LogP contribution < -0.4 is 9.30 Å². The van der Waals surface area contributed by atoms with Crippen LogP contribution in [0.1, 0.15) is 27.9 Å². The smallest absolute Gasteiger partial charge is 0.343 e. The van der Waals surface area contributed by atoms with Gasteiger partial charge in [-0.1, -0.05) is 35.9 Å². The standard InChI is InChI=1S/C18H20NO3.C7H8O3S/c1-21-18(20)16-6-4-9-19(12-16)10-8-14-11-15-5-2-3-7-17(15)22-13-14;1-6-2-4-7(5-3-6)11(8,9)10/h2-7,9,12,14H,8,10-11,13H2,1H3;2-5H,1H3,(H,8,9,10)/q+1;/p-1. The van der Waals surface area contributed by atoms with Gasteiger partial charge < -0.3 is 14.0 Å². The fourth-order valence-electron chi connectivity index (χ4n) is 3.51. The highest BCUT2D eigenvalue weighted by Crippen LogP contribution is 2.28. The third-order valence-electron chi connectivity index (χ3n) is 5.34. The van der Waals surface area contributed by atoms with Gasteiger partial charge in [0.05, 0.1) is 18.6 Å². The molecule has 0 aliphatic carbocycles. The summed E-state index contributed by atoms with van der Waals surface area (Å²) < 4.78 is 43.8. The number of aromatic nitrogens is 1. The molecule has 7 nitrogen and oxygen atoms in total. The zero-order valence-electron chi connectivity index (χ0n) is 18.6. The summed E-state index contributed by atoms with van der Waals surface area (Å²) in [6.07, 6.45) is 5.88. The molecule has 0 saturated carbocycles.